The molecule has 1 unspecified atom stereocenters. The van der Waals surface area contributed by atoms with Crippen LogP contribution in [0.25, 0.3) is 0 Å². The number of hydrogen-bond donors (Lipinski definition) is 0. The molecule has 4 nitrogen and oxygen atoms in total. The molecule has 120 valence electrons. The number of aryl methyl sites for hydroxylation is 1. The fraction of sp³-hybridized carbons (Fsp3) is 0.368. The van der Waals surface area contributed by atoms with Gasteiger partial charge in [-0.1, -0.05) is 31.2 Å². The number of rotatable bonds is 4. The number of ketones is 1. The van der Waals surface area contributed by atoms with Gasteiger partial charge in [-0.05, 0) is 37.0 Å². The zero-order valence-electron chi connectivity index (χ0n) is 13.5. The largest absolute Gasteiger partial charge is 0.469 e. The van der Waals surface area contributed by atoms with Crippen molar-refractivity contribution in [2.75, 3.05) is 7.11 Å². The molecular formula is C19H21NO3. The Morgan fingerprint density at radius 3 is 2.57 bits per heavy atom. The minimum absolute atomic E-state index is 0.00409. The van der Waals surface area contributed by atoms with E-state index in [4.69, 9.17) is 4.74 Å². The van der Waals surface area contributed by atoms with Gasteiger partial charge in [0, 0.05) is 17.8 Å². The van der Waals surface area contributed by atoms with Crippen molar-refractivity contribution in [1.29, 1.82) is 0 Å². The van der Waals surface area contributed by atoms with Crippen LogP contribution in [0.15, 0.2) is 36.4 Å². The van der Waals surface area contributed by atoms with E-state index >= 15 is 0 Å². The van der Waals surface area contributed by atoms with Crippen molar-refractivity contribution in [3.63, 3.8) is 0 Å². The maximum Gasteiger partial charge on any atom is 0.314 e. The van der Waals surface area contributed by atoms with Crippen molar-refractivity contribution < 1.29 is 14.3 Å². The molecule has 0 saturated carbocycles. The molecule has 1 aliphatic rings. The van der Waals surface area contributed by atoms with Crippen LogP contribution in [0.2, 0.25) is 0 Å². The Labute approximate surface area is 136 Å². The van der Waals surface area contributed by atoms with E-state index in [2.05, 4.69) is 6.92 Å². The van der Waals surface area contributed by atoms with Crippen LogP contribution in [0.3, 0.4) is 0 Å². The molecule has 0 amide bonds. The highest BCUT2D eigenvalue weighted by Gasteiger charge is 2.30. The fourth-order valence-electron chi connectivity index (χ4n) is 3.26. The molecule has 0 N–H and O–H groups in total. The maximum atomic E-state index is 12.8. The summed E-state index contributed by atoms with van der Waals surface area (Å²) in [5, 5.41) is 0. The van der Waals surface area contributed by atoms with Crippen LogP contribution in [0.5, 0.6) is 0 Å². The van der Waals surface area contributed by atoms with Gasteiger partial charge in [0.05, 0.1) is 18.7 Å². The number of aromatic nitrogens is 1. The predicted octanol–water partition coefficient (Wildman–Crippen LogP) is 3.33. The summed E-state index contributed by atoms with van der Waals surface area (Å²) in [6, 6.07) is 11.4. The van der Waals surface area contributed by atoms with Crippen molar-refractivity contribution in [3.05, 3.63) is 58.9 Å². The average molecular weight is 311 g/mol. The van der Waals surface area contributed by atoms with E-state index in [1.54, 1.807) is 0 Å². The summed E-state index contributed by atoms with van der Waals surface area (Å²) >= 11 is 0. The smallest absolute Gasteiger partial charge is 0.314 e. The molecular weight excluding hydrogens is 290 g/mol. The van der Waals surface area contributed by atoms with Crippen LogP contribution < -0.4 is 0 Å². The van der Waals surface area contributed by atoms with Crippen molar-refractivity contribution in [2.24, 2.45) is 0 Å². The van der Waals surface area contributed by atoms with Crippen molar-refractivity contribution in [1.82, 2.24) is 4.57 Å². The van der Waals surface area contributed by atoms with E-state index in [1.165, 1.54) is 12.7 Å². The van der Waals surface area contributed by atoms with Crippen LogP contribution in [0.1, 0.15) is 53.0 Å². The summed E-state index contributed by atoms with van der Waals surface area (Å²) < 4.78 is 6.86. The highest BCUT2D eigenvalue weighted by atomic mass is 16.5. The Hall–Kier alpha value is -2.36. The number of methoxy groups -OCH3 is 1. The highest BCUT2D eigenvalue weighted by molar-refractivity contribution is 6.08. The molecule has 1 aliphatic heterocycles. The highest BCUT2D eigenvalue weighted by Crippen LogP contribution is 2.31. The van der Waals surface area contributed by atoms with Gasteiger partial charge in [-0.15, -0.1) is 0 Å². The van der Waals surface area contributed by atoms with Crippen molar-refractivity contribution >= 4 is 11.8 Å². The molecule has 1 aromatic carbocycles. The Kier molecular flexibility index (Phi) is 4.33. The minimum atomic E-state index is -0.266. The number of hydrogen-bond acceptors (Lipinski definition) is 3. The number of ether oxygens (including phenoxy) is 1. The molecule has 2 heterocycles. The minimum Gasteiger partial charge on any atom is -0.469 e. The molecule has 1 atom stereocenters. The molecule has 4 heteroatoms. The van der Waals surface area contributed by atoms with E-state index in [-0.39, 0.29) is 17.7 Å². The maximum absolute atomic E-state index is 12.8. The van der Waals surface area contributed by atoms with Gasteiger partial charge in [-0.2, -0.15) is 0 Å². The van der Waals surface area contributed by atoms with Crippen molar-refractivity contribution in [3.8, 4) is 0 Å². The quantitative estimate of drug-likeness (QED) is 0.643. The number of carbonyl (C=O) groups excluding carboxylic acids is 2. The van der Waals surface area contributed by atoms with Crippen LogP contribution in [0.4, 0.5) is 0 Å². The fourth-order valence-corrected chi connectivity index (χ4v) is 3.26. The van der Waals surface area contributed by atoms with Crippen LogP contribution in [0, 0.1) is 0 Å². The second-order valence-corrected chi connectivity index (χ2v) is 5.89. The molecule has 0 fully saturated rings. The standard InChI is InChI=1S/C19H21NO3/c1-3-13-6-8-14(9-7-13)18(21)17-11-10-16-15(19(22)23-2)5-4-12-20(16)17/h6-11,15H,3-5,12H2,1-2H3. The van der Waals surface area contributed by atoms with E-state index in [1.807, 2.05) is 41.0 Å². The monoisotopic (exact) mass is 311 g/mol. The first-order valence-electron chi connectivity index (χ1n) is 8.06. The van der Waals surface area contributed by atoms with Gasteiger partial charge in [-0.25, -0.2) is 0 Å². The summed E-state index contributed by atoms with van der Waals surface area (Å²) in [6.07, 6.45) is 2.60. The summed E-state index contributed by atoms with van der Waals surface area (Å²) in [4.78, 5) is 24.7. The number of fused-ring (bicyclic) bond motifs is 1. The lowest BCUT2D eigenvalue weighted by atomic mass is 9.96. The van der Waals surface area contributed by atoms with Gasteiger partial charge in [0.1, 0.15) is 0 Å². The molecule has 0 saturated heterocycles. The van der Waals surface area contributed by atoms with Gasteiger partial charge in [0.15, 0.2) is 0 Å². The number of benzene rings is 1. The first-order chi connectivity index (χ1) is 11.2. The molecule has 0 bridgehead atoms. The summed E-state index contributed by atoms with van der Waals surface area (Å²) in [5.74, 6) is -0.488. The van der Waals surface area contributed by atoms with Crippen LogP contribution in [-0.2, 0) is 22.5 Å². The zero-order chi connectivity index (χ0) is 16.4. The molecule has 0 aliphatic carbocycles. The molecule has 0 radical (unpaired) electrons. The SMILES string of the molecule is CCc1ccc(C(=O)c2ccc3n2CCCC3C(=O)OC)cc1. The predicted molar refractivity (Wildman–Crippen MR) is 87.7 cm³/mol. The van der Waals surface area contributed by atoms with Crippen LogP contribution in [-0.4, -0.2) is 23.4 Å². The molecule has 23 heavy (non-hydrogen) atoms. The Morgan fingerprint density at radius 1 is 1.17 bits per heavy atom. The molecule has 0 spiro atoms. The average Bonchev–Trinajstić information content (AvgIpc) is 3.04. The Morgan fingerprint density at radius 2 is 1.91 bits per heavy atom. The third-order valence-electron chi connectivity index (χ3n) is 4.59. The third-order valence-corrected chi connectivity index (χ3v) is 4.59. The van der Waals surface area contributed by atoms with Gasteiger partial charge >= 0.3 is 5.97 Å². The second kappa shape index (κ2) is 6.41. The lowest BCUT2D eigenvalue weighted by Crippen LogP contribution is -2.24. The normalized spacial score (nSPS) is 16.7. The number of nitrogens with zero attached hydrogens (tertiary/aromatic N) is 1. The topological polar surface area (TPSA) is 48.3 Å². The zero-order valence-corrected chi connectivity index (χ0v) is 13.5. The first-order valence-corrected chi connectivity index (χ1v) is 8.06. The Bertz CT molecular complexity index is 728. The lowest BCUT2D eigenvalue weighted by Gasteiger charge is -2.24. The summed E-state index contributed by atoms with van der Waals surface area (Å²) in [6.45, 7) is 2.86. The third kappa shape index (κ3) is 2.81. The molecule has 2 aromatic rings. The number of esters is 1. The first kappa shape index (κ1) is 15.5. The molecule has 3 rings (SSSR count). The van der Waals surface area contributed by atoms with Gasteiger partial charge in [0.2, 0.25) is 5.78 Å². The number of carbonyl (C=O) groups is 2. The van der Waals surface area contributed by atoms with E-state index in [0.717, 1.165) is 31.5 Å². The Balaban J connectivity index is 1.93. The molecule has 1 aromatic heterocycles. The van der Waals surface area contributed by atoms with Gasteiger partial charge in [-0.3, -0.25) is 9.59 Å². The second-order valence-electron chi connectivity index (χ2n) is 5.89. The van der Waals surface area contributed by atoms with E-state index in [0.29, 0.717) is 11.3 Å². The lowest BCUT2D eigenvalue weighted by molar-refractivity contribution is -0.143. The summed E-state index contributed by atoms with van der Waals surface area (Å²) in [5.41, 5.74) is 3.43. The van der Waals surface area contributed by atoms with Gasteiger partial charge in [0.25, 0.3) is 0 Å². The van der Waals surface area contributed by atoms with Crippen LogP contribution >= 0.6 is 0 Å². The van der Waals surface area contributed by atoms with Gasteiger partial charge < -0.3 is 9.30 Å². The van der Waals surface area contributed by atoms with E-state index in [9.17, 15) is 9.59 Å². The van der Waals surface area contributed by atoms with Crippen molar-refractivity contribution in [2.45, 2.75) is 38.6 Å². The summed E-state index contributed by atoms with van der Waals surface area (Å²) in [7, 11) is 1.41. The van der Waals surface area contributed by atoms with E-state index < -0.39 is 0 Å².